The lowest BCUT2D eigenvalue weighted by Gasteiger charge is -2.18. The molecule has 1 saturated carbocycles. The van der Waals surface area contributed by atoms with Gasteiger partial charge in [-0.3, -0.25) is 4.57 Å². The van der Waals surface area contributed by atoms with Gasteiger partial charge >= 0.3 is 0 Å². The molecule has 0 aromatic rings. The lowest BCUT2D eigenvalue weighted by molar-refractivity contribution is 0.174. The van der Waals surface area contributed by atoms with Crippen molar-refractivity contribution in [3.05, 3.63) is 0 Å². The molecule has 0 amide bonds. The van der Waals surface area contributed by atoms with Gasteiger partial charge in [0.05, 0.1) is 6.10 Å². The second-order valence-corrected chi connectivity index (χ2v) is 6.52. The summed E-state index contributed by atoms with van der Waals surface area (Å²) in [5.74, 6) is 0.600. The highest BCUT2D eigenvalue weighted by molar-refractivity contribution is 7.57. The van der Waals surface area contributed by atoms with Gasteiger partial charge in [0.2, 0.25) is 0 Å². The highest BCUT2D eigenvalue weighted by Crippen LogP contribution is 2.44. The molecule has 0 aliphatic heterocycles. The van der Waals surface area contributed by atoms with Gasteiger partial charge in [-0.05, 0) is 18.8 Å². The molecule has 0 aromatic heterocycles. The van der Waals surface area contributed by atoms with Crippen molar-refractivity contribution in [2.45, 2.75) is 32.3 Å². The summed E-state index contributed by atoms with van der Waals surface area (Å²) in [6.07, 6.45) is 3.81. The maximum absolute atomic E-state index is 11.3. The van der Waals surface area contributed by atoms with Crippen LogP contribution in [0.1, 0.15) is 26.2 Å². The van der Waals surface area contributed by atoms with Crippen LogP contribution in [0.5, 0.6) is 0 Å². The summed E-state index contributed by atoms with van der Waals surface area (Å²) in [6, 6.07) is 0. The van der Waals surface area contributed by atoms with Crippen LogP contribution in [0.2, 0.25) is 0 Å². The fourth-order valence-electron chi connectivity index (χ4n) is 1.59. The molecule has 1 rings (SSSR count). The van der Waals surface area contributed by atoms with Gasteiger partial charge in [0.15, 0.2) is 7.37 Å². The van der Waals surface area contributed by atoms with Gasteiger partial charge in [0, 0.05) is 13.3 Å². The van der Waals surface area contributed by atoms with Crippen molar-refractivity contribution in [1.82, 2.24) is 0 Å². The van der Waals surface area contributed by atoms with Gasteiger partial charge in [-0.25, -0.2) is 0 Å². The average Bonchev–Trinajstić information content (AvgIpc) is 2.12. The summed E-state index contributed by atoms with van der Waals surface area (Å²) >= 11 is 0. The first-order valence-corrected chi connectivity index (χ1v) is 6.74. The highest BCUT2D eigenvalue weighted by Gasteiger charge is 2.27. The number of hydrogen-bond acceptors (Lipinski definition) is 2. The molecule has 0 N–H and O–H groups in total. The molecular weight excluding hydrogens is 159 g/mol. The third-order valence-corrected chi connectivity index (χ3v) is 2.95. The van der Waals surface area contributed by atoms with Crippen LogP contribution in [0.15, 0.2) is 0 Å². The van der Waals surface area contributed by atoms with E-state index in [1.807, 2.05) is 0 Å². The van der Waals surface area contributed by atoms with E-state index in [2.05, 4.69) is 6.92 Å². The Morgan fingerprint density at radius 1 is 1.36 bits per heavy atom. The lowest BCUT2D eigenvalue weighted by atomic mass is 10.1. The van der Waals surface area contributed by atoms with Crippen LogP contribution in [0.3, 0.4) is 0 Å². The first-order chi connectivity index (χ1) is 4.99. The van der Waals surface area contributed by atoms with E-state index in [1.165, 1.54) is 12.8 Å². The second-order valence-electron chi connectivity index (χ2n) is 3.80. The van der Waals surface area contributed by atoms with E-state index < -0.39 is 7.37 Å². The summed E-state index contributed by atoms with van der Waals surface area (Å²) < 4.78 is 16.8. The SMILES string of the molecule is C[C@@H]1CCCC1OP(C)(C)=O. The molecule has 3 heteroatoms. The topological polar surface area (TPSA) is 26.3 Å². The molecule has 0 heterocycles. The zero-order valence-corrected chi connectivity index (χ0v) is 8.43. The maximum atomic E-state index is 11.3. The predicted molar refractivity (Wildman–Crippen MR) is 47.3 cm³/mol. The average molecular weight is 176 g/mol. The zero-order chi connectivity index (χ0) is 8.48. The van der Waals surface area contributed by atoms with Crippen LogP contribution < -0.4 is 0 Å². The summed E-state index contributed by atoms with van der Waals surface area (Å²) in [7, 11) is -2.25. The van der Waals surface area contributed by atoms with Crippen LogP contribution in [0.4, 0.5) is 0 Å². The molecule has 1 fully saturated rings. The molecule has 2 nitrogen and oxygen atoms in total. The smallest absolute Gasteiger partial charge is 0.197 e. The molecule has 1 unspecified atom stereocenters. The molecule has 0 saturated heterocycles. The van der Waals surface area contributed by atoms with Crippen molar-refractivity contribution in [2.75, 3.05) is 13.3 Å². The van der Waals surface area contributed by atoms with Crippen LogP contribution in [-0.4, -0.2) is 19.4 Å². The third-order valence-electron chi connectivity index (χ3n) is 2.17. The Kier molecular flexibility index (Phi) is 2.77. The van der Waals surface area contributed by atoms with Crippen molar-refractivity contribution in [2.24, 2.45) is 5.92 Å². The molecule has 2 atom stereocenters. The Balaban J connectivity index is 2.43. The molecule has 66 valence electrons. The largest absolute Gasteiger partial charge is 0.325 e. The summed E-state index contributed by atoms with van der Waals surface area (Å²) in [6.45, 7) is 5.56. The number of hydrogen-bond donors (Lipinski definition) is 0. The molecule has 0 bridgehead atoms. The monoisotopic (exact) mass is 176 g/mol. The molecule has 0 radical (unpaired) electrons. The Bertz CT molecular complexity index is 173. The van der Waals surface area contributed by atoms with Crippen molar-refractivity contribution in [1.29, 1.82) is 0 Å². The van der Waals surface area contributed by atoms with Crippen LogP contribution in [0, 0.1) is 5.92 Å². The van der Waals surface area contributed by atoms with E-state index in [-0.39, 0.29) is 6.10 Å². The first-order valence-electron chi connectivity index (χ1n) is 4.22. The molecule has 1 aliphatic carbocycles. The van der Waals surface area contributed by atoms with E-state index in [0.717, 1.165) is 6.42 Å². The van der Waals surface area contributed by atoms with Gasteiger partial charge in [-0.15, -0.1) is 0 Å². The van der Waals surface area contributed by atoms with Crippen LogP contribution >= 0.6 is 7.37 Å². The van der Waals surface area contributed by atoms with E-state index in [1.54, 1.807) is 13.3 Å². The van der Waals surface area contributed by atoms with Gasteiger partial charge < -0.3 is 4.52 Å². The third kappa shape index (κ3) is 2.96. The predicted octanol–water partition coefficient (Wildman–Crippen LogP) is 2.73. The Labute approximate surface area is 68.8 Å². The van der Waals surface area contributed by atoms with Gasteiger partial charge in [0.1, 0.15) is 0 Å². The van der Waals surface area contributed by atoms with Crippen molar-refractivity contribution in [3.8, 4) is 0 Å². The van der Waals surface area contributed by atoms with Gasteiger partial charge in [-0.1, -0.05) is 13.3 Å². The maximum Gasteiger partial charge on any atom is 0.197 e. The van der Waals surface area contributed by atoms with E-state index in [4.69, 9.17) is 4.52 Å². The van der Waals surface area contributed by atoms with Gasteiger partial charge in [-0.2, -0.15) is 0 Å². The summed E-state index contributed by atoms with van der Waals surface area (Å²) in [4.78, 5) is 0. The fraction of sp³-hybridized carbons (Fsp3) is 1.00. The molecule has 0 aromatic carbocycles. The molecule has 11 heavy (non-hydrogen) atoms. The standard InChI is InChI=1S/C8H17O2P/c1-7-5-4-6-8(7)10-11(2,3)9/h7-8H,4-6H2,1-3H3/t7-,8?/m1/s1. The Morgan fingerprint density at radius 2 is 2.00 bits per heavy atom. The van der Waals surface area contributed by atoms with Crippen molar-refractivity contribution >= 4 is 7.37 Å². The highest BCUT2D eigenvalue weighted by atomic mass is 31.2. The molecule has 1 aliphatic rings. The van der Waals surface area contributed by atoms with E-state index >= 15 is 0 Å². The van der Waals surface area contributed by atoms with E-state index in [0.29, 0.717) is 5.92 Å². The first kappa shape index (κ1) is 9.28. The minimum absolute atomic E-state index is 0.260. The lowest BCUT2D eigenvalue weighted by Crippen LogP contribution is -2.13. The van der Waals surface area contributed by atoms with E-state index in [9.17, 15) is 4.57 Å². The molecular formula is C8H17O2P. The quantitative estimate of drug-likeness (QED) is 0.604. The van der Waals surface area contributed by atoms with Crippen LogP contribution in [-0.2, 0) is 9.09 Å². The Hall–Kier alpha value is 0.190. The zero-order valence-electron chi connectivity index (χ0n) is 7.54. The second kappa shape index (κ2) is 3.28. The minimum Gasteiger partial charge on any atom is -0.325 e. The fourth-order valence-corrected chi connectivity index (χ4v) is 2.56. The van der Waals surface area contributed by atoms with Crippen molar-refractivity contribution < 1.29 is 9.09 Å². The normalized spacial score (nSPS) is 32.6. The number of rotatable bonds is 2. The van der Waals surface area contributed by atoms with Crippen LogP contribution in [0.25, 0.3) is 0 Å². The molecule has 0 spiro atoms. The minimum atomic E-state index is -2.25. The van der Waals surface area contributed by atoms with Crippen molar-refractivity contribution in [3.63, 3.8) is 0 Å². The van der Waals surface area contributed by atoms with Gasteiger partial charge in [0.25, 0.3) is 0 Å². The summed E-state index contributed by atoms with van der Waals surface area (Å²) in [5, 5.41) is 0. The Morgan fingerprint density at radius 3 is 2.36 bits per heavy atom. The summed E-state index contributed by atoms with van der Waals surface area (Å²) in [5.41, 5.74) is 0.